The Hall–Kier alpha value is -2.70. The van der Waals surface area contributed by atoms with Gasteiger partial charge in [0.2, 0.25) is 5.91 Å². The first-order valence-corrected chi connectivity index (χ1v) is 6.09. The van der Waals surface area contributed by atoms with Gasteiger partial charge in [-0.3, -0.25) is 25.2 Å². The third-order valence-corrected chi connectivity index (χ3v) is 2.81. The van der Waals surface area contributed by atoms with E-state index in [4.69, 9.17) is 0 Å². The molecule has 0 spiro atoms. The Morgan fingerprint density at radius 3 is 2.50 bits per heavy atom. The van der Waals surface area contributed by atoms with Crippen molar-refractivity contribution in [1.82, 2.24) is 20.6 Å². The highest BCUT2D eigenvalue weighted by molar-refractivity contribution is 6.05. The summed E-state index contributed by atoms with van der Waals surface area (Å²) in [7, 11) is 1.47. The van der Waals surface area contributed by atoms with E-state index in [1.165, 1.54) is 7.05 Å². The molecule has 2 rings (SSSR count). The highest BCUT2D eigenvalue weighted by atomic mass is 16.2. The van der Waals surface area contributed by atoms with Gasteiger partial charge in [0.05, 0.1) is 5.39 Å². The standard InChI is InChI=1S/C13H14N4O3/c1-3-10(18)14-15-12(19)11-8-6-4-5-7-9(8)13(20)17(2)16-11/h4-7H,3H2,1-2H3,(H,14,18)(H,15,19). The van der Waals surface area contributed by atoms with Crippen LogP contribution < -0.4 is 16.4 Å². The summed E-state index contributed by atoms with van der Waals surface area (Å²) < 4.78 is 1.10. The Kier molecular flexibility index (Phi) is 3.79. The second-order valence-corrected chi connectivity index (χ2v) is 4.18. The summed E-state index contributed by atoms with van der Waals surface area (Å²) in [6, 6.07) is 6.69. The highest BCUT2D eigenvalue weighted by Crippen LogP contribution is 2.12. The topological polar surface area (TPSA) is 93.1 Å². The van der Waals surface area contributed by atoms with Crippen molar-refractivity contribution in [2.75, 3.05) is 0 Å². The molecule has 0 aliphatic heterocycles. The average Bonchev–Trinajstić information content (AvgIpc) is 2.48. The van der Waals surface area contributed by atoms with Gasteiger partial charge >= 0.3 is 0 Å². The number of hydrazine groups is 1. The lowest BCUT2D eigenvalue weighted by molar-refractivity contribution is -0.121. The maximum Gasteiger partial charge on any atom is 0.290 e. The summed E-state index contributed by atoms with van der Waals surface area (Å²) in [4.78, 5) is 35.1. The number of hydrogen-bond donors (Lipinski definition) is 2. The van der Waals surface area contributed by atoms with E-state index in [0.717, 1.165) is 4.68 Å². The van der Waals surface area contributed by atoms with Crippen LogP contribution in [0, 0.1) is 0 Å². The lowest BCUT2D eigenvalue weighted by atomic mass is 10.1. The zero-order valence-electron chi connectivity index (χ0n) is 11.1. The predicted molar refractivity (Wildman–Crippen MR) is 72.9 cm³/mol. The van der Waals surface area contributed by atoms with Gasteiger partial charge < -0.3 is 0 Å². The third-order valence-electron chi connectivity index (χ3n) is 2.81. The second-order valence-electron chi connectivity index (χ2n) is 4.18. The first-order valence-electron chi connectivity index (χ1n) is 6.09. The van der Waals surface area contributed by atoms with Gasteiger partial charge in [0.1, 0.15) is 0 Å². The number of nitrogens with one attached hydrogen (secondary N) is 2. The molecule has 0 radical (unpaired) electrons. The molecule has 0 aliphatic carbocycles. The Balaban J connectivity index is 2.44. The average molecular weight is 274 g/mol. The van der Waals surface area contributed by atoms with E-state index in [2.05, 4.69) is 16.0 Å². The molecule has 7 heteroatoms. The van der Waals surface area contributed by atoms with Crippen molar-refractivity contribution < 1.29 is 9.59 Å². The van der Waals surface area contributed by atoms with E-state index < -0.39 is 5.91 Å². The fourth-order valence-corrected chi connectivity index (χ4v) is 1.74. The van der Waals surface area contributed by atoms with Crippen molar-refractivity contribution >= 4 is 22.6 Å². The van der Waals surface area contributed by atoms with E-state index in [0.29, 0.717) is 10.8 Å². The van der Waals surface area contributed by atoms with Gasteiger partial charge in [-0.15, -0.1) is 0 Å². The van der Waals surface area contributed by atoms with Crippen molar-refractivity contribution in [3.63, 3.8) is 0 Å². The van der Waals surface area contributed by atoms with Gasteiger partial charge in [-0.1, -0.05) is 25.1 Å². The molecule has 2 N–H and O–H groups in total. The van der Waals surface area contributed by atoms with Gasteiger partial charge in [0.15, 0.2) is 5.69 Å². The SMILES string of the molecule is CCC(=O)NNC(=O)c1nn(C)c(=O)c2ccccc12. The molecule has 0 saturated carbocycles. The highest BCUT2D eigenvalue weighted by Gasteiger charge is 2.15. The van der Waals surface area contributed by atoms with Crippen LogP contribution in [0.25, 0.3) is 10.8 Å². The van der Waals surface area contributed by atoms with Crippen LogP contribution >= 0.6 is 0 Å². The molecule has 1 heterocycles. The summed E-state index contributed by atoms with van der Waals surface area (Å²) in [5.74, 6) is -0.883. The smallest absolute Gasteiger partial charge is 0.273 e. The second kappa shape index (κ2) is 5.52. The Labute approximate surface area is 114 Å². The Morgan fingerprint density at radius 1 is 1.20 bits per heavy atom. The molecule has 0 bridgehead atoms. The van der Waals surface area contributed by atoms with E-state index in [1.54, 1.807) is 31.2 Å². The van der Waals surface area contributed by atoms with E-state index >= 15 is 0 Å². The van der Waals surface area contributed by atoms with Gasteiger partial charge in [-0.25, -0.2) is 4.68 Å². The quantitative estimate of drug-likeness (QED) is 0.760. The molecule has 0 fully saturated rings. The summed E-state index contributed by atoms with van der Waals surface area (Å²) in [6.07, 6.45) is 0.252. The van der Waals surface area contributed by atoms with E-state index in [9.17, 15) is 14.4 Å². The third kappa shape index (κ3) is 2.51. The normalized spacial score (nSPS) is 10.3. The summed E-state index contributed by atoms with van der Waals surface area (Å²) in [6.45, 7) is 1.67. The van der Waals surface area contributed by atoms with Gasteiger partial charge in [0, 0.05) is 18.9 Å². The minimum Gasteiger partial charge on any atom is -0.273 e. The van der Waals surface area contributed by atoms with Crippen molar-refractivity contribution in [2.24, 2.45) is 7.05 Å². The van der Waals surface area contributed by atoms with Gasteiger partial charge in [0.25, 0.3) is 11.5 Å². The van der Waals surface area contributed by atoms with Crippen LogP contribution in [-0.2, 0) is 11.8 Å². The number of carbonyl (C=O) groups excluding carboxylic acids is 2. The number of amides is 2. The first-order chi connectivity index (χ1) is 9.54. The number of aryl methyl sites for hydroxylation is 1. The molecule has 7 nitrogen and oxygen atoms in total. The molecule has 1 aromatic carbocycles. The largest absolute Gasteiger partial charge is 0.290 e. The zero-order chi connectivity index (χ0) is 14.7. The van der Waals surface area contributed by atoms with Crippen LogP contribution in [0.5, 0.6) is 0 Å². The fraction of sp³-hybridized carbons (Fsp3) is 0.231. The molecule has 1 aromatic heterocycles. The Bertz CT molecular complexity index is 736. The lowest BCUT2D eigenvalue weighted by Gasteiger charge is -2.09. The molecular weight excluding hydrogens is 260 g/mol. The number of hydrogen-bond acceptors (Lipinski definition) is 4. The van der Waals surface area contributed by atoms with Crippen molar-refractivity contribution in [3.05, 3.63) is 40.3 Å². The number of fused-ring (bicyclic) bond motifs is 1. The minimum atomic E-state index is -0.571. The van der Waals surface area contributed by atoms with Crippen LogP contribution in [-0.4, -0.2) is 21.6 Å². The molecule has 0 saturated heterocycles. The van der Waals surface area contributed by atoms with Gasteiger partial charge in [-0.2, -0.15) is 5.10 Å². The maximum atomic E-state index is 12.0. The van der Waals surface area contributed by atoms with Crippen molar-refractivity contribution in [1.29, 1.82) is 0 Å². The lowest BCUT2D eigenvalue weighted by Crippen LogP contribution is -2.42. The van der Waals surface area contributed by atoms with E-state index in [1.807, 2.05) is 0 Å². The van der Waals surface area contributed by atoms with Crippen molar-refractivity contribution in [2.45, 2.75) is 13.3 Å². The first kappa shape index (κ1) is 13.7. The summed E-state index contributed by atoms with van der Waals surface area (Å²) in [5.41, 5.74) is 4.34. The molecule has 20 heavy (non-hydrogen) atoms. The van der Waals surface area contributed by atoms with Crippen LogP contribution in [0.15, 0.2) is 29.1 Å². The zero-order valence-corrected chi connectivity index (χ0v) is 11.1. The predicted octanol–water partition coefficient (Wildman–Crippen LogP) is 0.105. The molecule has 104 valence electrons. The summed E-state index contributed by atoms with van der Waals surface area (Å²) >= 11 is 0. The molecule has 2 aromatic rings. The number of benzene rings is 1. The number of nitrogens with zero attached hydrogens (tertiary/aromatic N) is 2. The molecule has 0 unspecified atom stereocenters. The Morgan fingerprint density at radius 2 is 1.85 bits per heavy atom. The van der Waals surface area contributed by atoms with Crippen LogP contribution in [0.1, 0.15) is 23.8 Å². The van der Waals surface area contributed by atoms with Crippen LogP contribution in [0.4, 0.5) is 0 Å². The van der Waals surface area contributed by atoms with Crippen LogP contribution in [0.2, 0.25) is 0 Å². The number of carbonyl (C=O) groups is 2. The molecular formula is C13H14N4O3. The fourth-order valence-electron chi connectivity index (χ4n) is 1.74. The van der Waals surface area contributed by atoms with E-state index in [-0.39, 0.29) is 23.6 Å². The minimum absolute atomic E-state index is 0.0825. The molecule has 0 aliphatic rings. The summed E-state index contributed by atoms with van der Waals surface area (Å²) in [5, 5.41) is 4.79. The molecule has 2 amide bonds. The monoisotopic (exact) mass is 274 g/mol. The number of aromatic nitrogens is 2. The van der Waals surface area contributed by atoms with Gasteiger partial charge in [-0.05, 0) is 6.07 Å². The van der Waals surface area contributed by atoms with Crippen molar-refractivity contribution in [3.8, 4) is 0 Å². The number of rotatable bonds is 2. The van der Waals surface area contributed by atoms with Crippen LogP contribution in [0.3, 0.4) is 0 Å². The maximum absolute atomic E-state index is 12.0. The molecule has 0 atom stereocenters.